The fraction of sp³-hybridized carbons (Fsp3) is 0.900. The van der Waals surface area contributed by atoms with Gasteiger partial charge in [-0.2, -0.15) is 0 Å². The normalized spacial score (nSPS) is 9.92. The van der Waals surface area contributed by atoms with Crippen LogP contribution in [0.4, 0.5) is 4.79 Å². The Balaban J connectivity index is 0. The van der Waals surface area contributed by atoms with Gasteiger partial charge in [0.05, 0.1) is 6.61 Å². The Hall–Kier alpha value is -1.30. The topological polar surface area (TPSA) is 102 Å². The molecule has 0 aromatic rings. The van der Waals surface area contributed by atoms with Gasteiger partial charge < -0.3 is 20.9 Å². The number of carbonyl (C=O) groups excluding carboxylic acids is 1. The number of rotatable bonds is 17. The van der Waals surface area contributed by atoms with Crippen LogP contribution in [0.5, 0.6) is 0 Å². The third-order valence-corrected chi connectivity index (χ3v) is 4.14. The van der Waals surface area contributed by atoms with Gasteiger partial charge in [0.2, 0.25) is 0 Å². The second-order valence-electron chi connectivity index (χ2n) is 6.55. The predicted molar refractivity (Wildman–Crippen MR) is 107 cm³/mol. The summed E-state index contributed by atoms with van der Waals surface area (Å²) < 4.78 is 5.05. The number of unbranched alkanes of at least 4 members (excludes halogenated alkanes) is 13. The van der Waals surface area contributed by atoms with Crippen LogP contribution in [0.15, 0.2) is 0 Å². The van der Waals surface area contributed by atoms with Crippen LogP contribution in [0, 0.1) is 0 Å². The lowest BCUT2D eigenvalue weighted by molar-refractivity contribution is -0.122. The zero-order valence-corrected chi connectivity index (χ0v) is 16.8. The Labute approximate surface area is 160 Å². The van der Waals surface area contributed by atoms with E-state index < -0.39 is 0 Å². The summed E-state index contributed by atoms with van der Waals surface area (Å²) in [5, 5.41) is 9.48. The molecule has 6 nitrogen and oxygen atoms in total. The highest BCUT2D eigenvalue weighted by molar-refractivity contribution is 5.66. The number of nitrogens with one attached hydrogen (secondary N) is 1. The minimum Gasteiger partial charge on any atom is -0.483 e. The third kappa shape index (κ3) is 27.5. The van der Waals surface area contributed by atoms with Crippen molar-refractivity contribution in [2.75, 3.05) is 19.7 Å². The molecule has 156 valence electrons. The molecular formula is C20H42N2O4. The van der Waals surface area contributed by atoms with E-state index in [9.17, 15) is 4.79 Å². The molecular weight excluding hydrogens is 332 g/mol. The second-order valence-corrected chi connectivity index (χ2v) is 6.55. The molecule has 0 saturated carbocycles. The monoisotopic (exact) mass is 374 g/mol. The van der Waals surface area contributed by atoms with E-state index in [1.807, 2.05) is 0 Å². The summed E-state index contributed by atoms with van der Waals surface area (Å²) in [4.78, 5) is 19.5. The van der Waals surface area contributed by atoms with Crippen molar-refractivity contribution in [1.29, 1.82) is 0 Å². The Morgan fingerprint density at radius 2 is 1.27 bits per heavy atom. The minimum absolute atomic E-state index is 0.250. The number of alkyl carbamates (subject to hydrolysis) is 1. The second kappa shape index (κ2) is 25.9. The van der Waals surface area contributed by atoms with Gasteiger partial charge in [-0.3, -0.25) is 4.79 Å². The highest BCUT2D eigenvalue weighted by atomic mass is 16.5. The van der Waals surface area contributed by atoms with E-state index in [4.69, 9.17) is 20.4 Å². The highest BCUT2D eigenvalue weighted by Gasteiger charge is 1.99. The molecule has 26 heavy (non-hydrogen) atoms. The molecule has 0 aliphatic heterocycles. The lowest BCUT2D eigenvalue weighted by atomic mass is 10.0. The van der Waals surface area contributed by atoms with Gasteiger partial charge in [0.15, 0.2) is 0 Å². The first-order valence-corrected chi connectivity index (χ1v) is 10.4. The van der Waals surface area contributed by atoms with Gasteiger partial charge in [0, 0.05) is 13.1 Å². The third-order valence-electron chi connectivity index (χ3n) is 4.14. The molecule has 0 aliphatic carbocycles. The first kappa shape index (κ1) is 26.9. The number of carboxylic acid groups (broad SMARTS) is 1. The fourth-order valence-corrected chi connectivity index (χ4v) is 2.69. The molecule has 0 fully saturated rings. The molecule has 0 rings (SSSR count). The molecule has 0 aromatic carbocycles. The zero-order valence-electron chi connectivity index (χ0n) is 16.8. The maximum absolute atomic E-state index is 11.1. The lowest BCUT2D eigenvalue weighted by Crippen LogP contribution is -2.29. The van der Waals surface area contributed by atoms with Crippen molar-refractivity contribution in [2.24, 2.45) is 5.73 Å². The summed E-state index contributed by atoms with van der Waals surface area (Å²) in [5.74, 6) is 0. The lowest BCUT2D eigenvalue weighted by Gasteiger charge is -2.06. The summed E-state index contributed by atoms with van der Waals surface area (Å²) in [6, 6.07) is 0. The SMILES string of the molecule is CCCCCCCCCCCCCCCCOC(=O)NCCN.O=CO. The van der Waals surface area contributed by atoms with Crippen LogP contribution in [-0.2, 0) is 9.53 Å². The van der Waals surface area contributed by atoms with Crippen molar-refractivity contribution in [3.63, 3.8) is 0 Å². The van der Waals surface area contributed by atoms with Crippen molar-refractivity contribution in [3.05, 3.63) is 0 Å². The van der Waals surface area contributed by atoms with Gasteiger partial charge in [-0.1, -0.05) is 90.4 Å². The smallest absolute Gasteiger partial charge is 0.407 e. The number of amides is 1. The summed E-state index contributed by atoms with van der Waals surface area (Å²) in [5.41, 5.74) is 5.29. The van der Waals surface area contributed by atoms with Gasteiger partial charge in [-0.05, 0) is 6.42 Å². The maximum Gasteiger partial charge on any atom is 0.407 e. The Bertz CT molecular complexity index is 289. The number of ether oxygens (including phenoxy) is 1. The first-order chi connectivity index (χ1) is 12.7. The largest absolute Gasteiger partial charge is 0.483 e. The fourth-order valence-electron chi connectivity index (χ4n) is 2.69. The first-order valence-electron chi connectivity index (χ1n) is 10.4. The van der Waals surface area contributed by atoms with Crippen molar-refractivity contribution in [3.8, 4) is 0 Å². The van der Waals surface area contributed by atoms with Crippen LogP contribution in [0.2, 0.25) is 0 Å². The molecule has 0 saturated heterocycles. The predicted octanol–water partition coefficient (Wildman–Crippen LogP) is 4.85. The van der Waals surface area contributed by atoms with Crippen LogP contribution >= 0.6 is 0 Å². The molecule has 6 heteroatoms. The summed E-state index contributed by atoms with van der Waals surface area (Å²) in [6.07, 6.45) is 18.4. The van der Waals surface area contributed by atoms with Crippen molar-refractivity contribution >= 4 is 12.6 Å². The van der Waals surface area contributed by atoms with E-state index in [2.05, 4.69) is 12.2 Å². The highest BCUT2D eigenvalue weighted by Crippen LogP contribution is 2.12. The van der Waals surface area contributed by atoms with E-state index in [0.717, 1.165) is 12.8 Å². The molecule has 0 bridgehead atoms. The van der Waals surface area contributed by atoms with E-state index in [0.29, 0.717) is 19.7 Å². The molecule has 0 heterocycles. The quantitative estimate of drug-likeness (QED) is 0.249. The number of hydrogen-bond donors (Lipinski definition) is 3. The number of hydrogen-bond acceptors (Lipinski definition) is 4. The van der Waals surface area contributed by atoms with Gasteiger partial charge in [-0.25, -0.2) is 4.79 Å². The van der Waals surface area contributed by atoms with E-state index in [-0.39, 0.29) is 12.6 Å². The van der Waals surface area contributed by atoms with Crippen LogP contribution in [-0.4, -0.2) is 37.4 Å². The maximum atomic E-state index is 11.1. The summed E-state index contributed by atoms with van der Waals surface area (Å²) in [7, 11) is 0. The van der Waals surface area contributed by atoms with Crippen LogP contribution in [0.3, 0.4) is 0 Å². The van der Waals surface area contributed by atoms with Crippen molar-refractivity contribution in [2.45, 2.75) is 96.8 Å². The Kier molecular flexibility index (Phi) is 26.9. The number of nitrogens with two attached hydrogens (primary N) is 1. The molecule has 0 unspecified atom stereocenters. The van der Waals surface area contributed by atoms with E-state index in [1.165, 1.54) is 77.0 Å². The molecule has 4 N–H and O–H groups in total. The van der Waals surface area contributed by atoms with Gasteiger partial charge in [0.1, 0.15) is 0 Å². The Morgan fingerprint density at radius 1 is 0.885 bits per heavy atom. The average Bonchev–Trinajstić information content (AvgIpc) is 2.64. The zero-order chi connectivity index (χ0) is 19.7. The molecule has 0 atom stereocenters. The van der Waals surface area contributed by atoms with Crippen LogP contribution < -0.4 is 11.1 Å². The van der Waals surface area contributed by atoms with E-state index in [1.54, 1.807) is 0 Å². The average molecular weight is 375 g/mol. The van der Waals surface area contributed by atoms with Crippen molar-refractivity contribution in [1.82, 2.24) is 5.32 Å². The van der Waals surface area contributed by atoms with Gasteiger partial charge in [-0.15, -0.1) is 0 Å². The van der Waals surface area contributed by atoms with Gasteiger partial charge in [0.25, 0.3) is 6.47 Å². The molecule has 0 spiro atoms. The molecule has 0 radical (unpaired) electrons. The van der Waals surface area contributed by atoms with Crippen molar-refractivity contribution < 1.29 is 19.4 Å². The summed E-state index contributed by atoms with van der Waals surface area (Å²) >= 11 is 0. The van der Waals surface area contributed by atoms with E-state index >= 15 is 0 Å². The van der Waals surface area contributed by atoms with Gasteiger partial charge >= 0.3 is 6.09 Å². The molecule has 0 aliphatic rings. The Morgan fingerprint density at radius 3 is 1.65 bits per heavy atom. The minimum atomic E-state index is -0.342. The summed E-state index contributed by atoms with van der Waals surface area (Å²) in [6.45, 7) is 3.48. The molecule has 1 amide bonds. The number of carbonyl (C=O) groups is 2. The van der Waals surface area contributed by atoms with Crippen LogP contribution in [0.1, 0.15) is 96.8 Å². The standard InChI is InChI=1S/C19H40N2O2.CH2O2/c1-2-3-4-5-6-7-8-9-10-11-12-13-14-15-18-23-19(22)21-17-16-20;2-1-3/h2-18,20H2,1H3,(H,21,22);1H,(H,2,3). The van der Waals surface area contributed by atoms with Crippen LogP contribution in [0.25, 0.3) is 0 Å². The molecule has 0 aromatic heterocycles.